The summed E-state index contributed by atoms with van der Waals surface area (Å²) in [4.78, 5) is 40.6. The average Bonchev–Trinajstić information content (AvgIpc) is 2.72. The molecule has 7 nitrogen and oxygen atoms in total. The highest BCUT2D eigenvalue weighted by atomic mass is 16.5. The van der Waals surface area contributed by atoms with Crippen LogP contribution in [0.15, 0.2) is 24.3 Å². The van der Waals surface area contributed by atoms with Crippen LogP contribution in [0.5, 0.6) is 0 Å². The van der Waals surface area contributed by atoms with Crippen molar-refractivity contribution in [1.82, 2.24) is 15.1 Å². The lowest BCUT2D eigenvalue weighted by Gasteiger charge is -2.42. The fourth-order valence-electron chi connectivity index (χ4n) is 3.77. The van der Waals surface area contributed by atoms with Gasteiger partial charge in [0, 0.05) is 38.4 Å². The number of nitrogens with one attached hydrogen (secondary N) is 1. The summed E-state index contributed by atoms with van der Waals surface area (Å²) in [7, 11) is 0. The molecule has 1 aromatic carbocycles. The fraction of sp³-hybridized carbons (Fsp3) is 0.571. The third-order valence-corrected chi connectivity index (χ3v) is 5.29. The molecule has 0 saturated carbocycles. The number of hydrogen-bond donors (Lipinski definition) is 1. The first-order valence-corrected chi connectivity index (χ1v) is 10.1. The fourth-order valence-corrected chi connectivity index (χ4v) is 3.77. The Hall–Kier alpha value is -2.41. The van der Waals surface area contributed by atoms with E-state index in [0.29, 0.717) is 38.4 Å². The smallest absolute Gasteiger partial charge is 0.251 e. The average molecular weight is 387 g/mol. The summed E-state index contributed by atoms with van der Waals surface area (Å²) in [6, 6.07) is 6.92. The standard InChI is InChI=1S/C21H29N3O4/c1-2-28-13-5-11-22-20(26)17-9-7-16(8-10-17)14-23-15-19(25)24-12-4-3-6-18(24)21(23)27/h7-10,18H,2-6,11-15H2,1H3,(H,22,26). The molecule has 0 aromatic heterocycles. The second-order valence-corrected chi connectivity index (χ2v) is 7.30. The third kappa shape index (κ3) is 4.90. The molecule has 152 valence electrons. The quantitative estimate of drug-likeness (QED) is 0.687. The number of hydrogen-bond acceptors (Lipinski definition) is 4. The van der Waals surface area contributed by atoms with Crippen LogP contribution < -0.4 is 5.32 Å². The van der Waals surface area contributed by atoms with Gasteiger partial charge in [-0.3, -0.25) is 14.4 Å². The lowest BCUT2D eigenvalue weighted by molar-refractivity contribution is -0.158. The first-order chi connectivity index (χ1) is 13.6. The molecule has 2 heterocycles. The molecule has 3 amide bonds. The van der Waals surface area contributed by atoms with Gasteiger partial charge in [0.2, 0.25) is 11.8 Å². The van der Waals surface area contributed by atoms with Gasteiger partial charge in [-0.25, -0.2) is 0 Å². The second-order valence-electron chi connectivity index (χ2n) is 7.30. The Morgan fingerprint density at radius 2 is 2.00 bits per heavy atom. The Kier molecular flexibility index (Phi) is 7.03. The molecule has 1 atom stereocenters. The molecule has 3 rings (SSSR count). The van der Waals surface area contributed by atoms with Gasteiger partial charge in [0.1, 0.15) is 12.6 Å². The number of nitrogens with zero attached hydrogens (tertiary/aromatic N) is 2. The molecule has 2 aliphatic rings. The van der Waals surface area contributed by atoms with E-state index in [1.165, 1.54) is 0 Å². The maximum absolute atomic E-state index is 12.7. The van der Waals surface area contributed by atoms with Gasteiger partial charge in [-0.2, -0.15) is 0 Å². The zero-order valence-electron chi connectivity index (χ0n) is 16.5. The van der Waals surface area contributed by atoms with Crippen LogP contribution in [-0.2, 0) is 20.9 Å². The van der Waals surface area contributed by atoms with E-state index < -0.39 is 0 Å². The number of piperazine rings is 1. The van der Waals surface area contributed by atoms with E-state index in [1.54, 1.807) is 21.9 Å². The zero-order chi connectivity index (χ0) is 19.9. The molecule has 0 spiro atoms. The van der Waals surface area contributed by atoms with Crippen LogP contribution in [0.3, 0.4) is 0 Å². The maximum Gasteiger partial charge on any atom is 0.251 e. The van der Waals surface area contributed by atoms with E-state index in [2.05, 4.69) is 5.32 Å². The molecule has 28 heavy (non-hydrogen) atoms. The van der Waals surface area contributed by atoms with Crippen LogP contribution in [0.1, 0.15) is 48.5 Å². The third-order valence-electron chi connectivity index (χ3n) is 5.29. The summed E-state index contributed by atoms with van der Waals surface area (Å²) in [5.74, 6) is -0.0482. The number of amides is 3. The second kappa shape index (κ2) is 9.68. The minimum absolute atomic E-state index is 0.0346. The normalized spacial score (nSPS) is 19.5. The lowest BCUT2D eigenvalue weighted by Crippen LogP contribution is -2.60. The van der Waals surface area contributed by atoms with Gasteiger partial charge in [-0.05, 0) is 50.3 Å². The van der Waals surface area contributed by atoms with E-state index in [4.69, 9.17) is 4.74 Å². The topological polar surface area (TPSA) is 79.0 Å². The van der Waals surface area contributed by atoms with Gasteiger partial charge in [0.25, 0.3) is 5.91 Å². The van der Waals surface area contributed by atoms with Crippen LogP contribution in [0, 0.1) is 0 Å². The Balaban J connectivity index is 1.53. The van der Waals surface area contributed by atoms with E-state index in [1.807, 2.05) is 19.1 Å². The Morgan fingerprint density at radius 1 is 1.21 bits per heavy atom. The Morgan fingerprint density at radius 3 is 2.75 bits per heavy atom. The molecule has 0 bridgehead atoms. The Labute approximate surface area is 166 Å². The van der Waals surface area contributed by atoms with E-state index >= 15 is 0 Å². The molecule has 1 N–H and O–H groups in total. The summed E-state index contributed by atoms with van der Waals surface area (Å²) in [6.07, 6.45) is 3.50. The van der Waals surface area contributed by atoms with Gasteiger partial charge in [-0.15, -0.1) is 0 Å². The predicted octanol–water partition coefficient (Wildman–Crippen LogP) is 1.57. The van der Waals surface area contributed by atoms with E-state index in [0.717, 1.165) is 31.2 Å². The highest BCUT2D eigenvalue weighted by molar-refractivity contribution is 5.95. The first-order valence-electron chi connectivity index (χ1n) is 10.1. The molecule has 0 radical (unpaired) electrons. The molecular formula is C21H29N3O4. The minimum Gasteiger partial charge on any atom is -0.382 e. The van der Waals surface area contributed by atoms with Crippen LogP contribution in [0.4, 0.5) is 0 Å². The van der Waals surface area contributed by atoms with Crippen molar-refractivity contribution in [3.63, 3.8) is 0 Å². The molecule has 1 unspecified atom stereocenters. The summed E-state index contributed by atoms with van der Waals surface area (Å²) in [5, 5.41) is 2.87. The van der Waals surface area contributed by atoms with Crippen molar-refractivity contribution in [1.29, 1.82) is 0 Å². The van der Waals surface area contributed by atoms with Gasteiger partial charge >= 0.3 is 0 Å². The Bertz CT molecular complexity index is 704. The van der Waals surface area contributed by atoms with Gasteiger partial charge in [-0.1, -0.05) is 12.1 Å². The van der Waals surface area contributed by atoms with Crippen molar-refractivity contribution in [2.45, 2.75) is 45.2 Å². The van der Waals surface area contributed by atoms with Gasteiger partial charge < -0.3 is 19.9 Å². The van der Waals surface area contributed by atoms with E-state index in [9.17, 15) is 14.4 Å². The molecular weight excluding hydrogens is 358 g/mol. The highest BCUT2D eigenvalue weighted by Crippen LogP contribution is 2.24. The number of carbonyl (C=O) groups is 3. The number of carbonyl (C=O) groups excluding carboxylic acids is 3. The monoisotopic (exact) mass is 387 g/mol. The number of ether oxygens (including phenoxy) is 1. The van der Waals surface area contributed by atoms with Crippen LogP contribution in [0.2, 0.25) is 0 Å². The van der Waals surface area contributed by atoms with Crippen molar-refractivity contribution < 1.29 is 19.1 Å². The van der Waals surface area contributed by atoms with Crippen molar-refractivity contribution in [3.05, 3.63) is 35.4 Å². The highest BCUT2D eigenvalue weighted by Gasteiger charge is 2.40. The summed E-state index contributed by atoms with van der Waals surface area (Å²) >= 11 is 0. The first kappa shape index (κ1) is 20.3. The summed E-state index contributed by atoms with van der Waals surface area (Å²) in [5.41, 5.74) is 1.50. The largest absolute Gasteiger partial charge is 0.382 e. The number of piperidine rings is 1. The lowest BCUT2D eigenvalue weighted by atomic mass is 9.98. The molecule has 2 fully saturated rings. The number of rotatable bonds is 8. The molecule has 2 aliphatic heterocycles. The molecule has 1 aromatic rings. The zero-order valence-corrected chi connectivity index (χ0v) is 16.5. The van der Waals surface area contributed by atoms with Gasteiger partial charge in [0.15, 0.2) is 0 Å². The maximum atomic E-state index is 12.7. The van der Waals surface area contributed by atoms with E-state index in [-0.39, 0.29) is 30.3 Å². The van der Waals surface area contributed by atoms with Crippen molar-refractivity contribution in [2.75, 3.05) is 32.8 Å². The van der Waals surface area contributed by atoms with Crippen molar-refractivity contribution in [3.8, 4) is 0 Å². The van der Waals surface area contributed by atoms with Crippen molar-refractivity contribution in [2.24, 2.45) is 0 Å². The summed E-state index contributed by atoms with van der Waals surface area (Å²) < 4.78 is 5.25. The number of benzene rings is 1. The van der Waals surface area contributed by atoms with Crippen LogP contribution in [0.25, 0.3) is 0 Å². The van der Waals surface area contributed by atoms with Gasteiger partial charge in [0.05, 0.1) is 0 Å². The molecule has 0 aliphatic carbocycles. The van der Waals surface area contributed by atoms with Crippen LogP contribution >= 0.6 is 0 Å². The molecule has 7 heteroatoms. The van der Waals surface area contributed by atoms with Crippen molar-refractivity contribution >= 4 is 17.7 Å². The predicted molar refractivity (Wildman–Crippen MR) is 105 cm³/mol. The van der Waals surface area contributed by atoms with Crippen LogP contribution in [-0.4, -0.2) is 66.4 Å². The SMILES string of the molecule is CCOCCCNC(=O)c1ccc(CN2CC(=O)N3CCCCC3C2=O)cc1. The number of fused-ring (bicyclic) bond motifs is 1. The minimum atomic E-state index is -0.295. The molecule has 2 saturated heterocycles. The summed E-state index contributed by atoms with van der Waals surface area (Å²) in [6.45, 7) is 5.05.